The minimum absolute atomic E-state index is 0. The summed E-state index contributed by atoms with van der Waals surface area (Å²) in [6.07, 6.45) is 3.43. The van der Waals surface area contributed by atoms with Crippen LogP contribution in [0.15, 0.2) is 6.33 Å². The largest absolute Gasteiger partial charge is 0.529 e. The van der Waals surface area contributed by atoms with E-state index in [-0.39, 0.29) is 44.3 Å². The van der Waals surface area contributed by atoms with Gasteiger partial charge in [-0.1, -0.05) is 0 Å². The molecule has 0 saturated carbocycles. The summed E-state index contributed by atoms with van der Waals surface area (Å²) < 4.78 is 0. The first-order chi connectivity index (χ1) is 3.80. The second-order valence-corrected chi connectivity index (χ2v) is 1.22. The average molecular weight is 199 g/mol. The monoisotopic (exact) mass is 199 g/mol. The van der Waals surface area contributed by atoms with E-state index in [0.717, 1.165) is 0 Å². The van der Waals surface area contributed by atoms with Crippen LogP contribution in [0.1, 0.15) is 0 Å². The van der Waals surface area contributed by atoms with Crippen molar-refractivity contribution < 1.29 is 37.8 Å². The zero-order valence-electron chi connectivity index (χ0n) is 4.57. The normalized spacial score (nSPS) is 8.00. The van der Waals surface area contributed by atoms with Gasteiger partial charge >= 0.3 is 0 Å². The molecule has 1 radical (unpaired) electrons. The van der Waals surface area contributed by atoms with E-state index in [2.05, 4.69) is 16.2 Å². The van der Waals surface area contributed by atoms with Gasteiger partial charge in [0.1, 0.15) is 0 Å². The van der Waals surface area contributed by atoms with E-state index in [1.807, 2.05) is 0 Å². The number of hydrogen-bond acceptors (Lipinski definition) is 4. The summed E-state index contributed by atoms with van der Waals surface area (Å²) in [5, 5.41) is 8.61. The van der Waals surface area contributed by atoms with Crippen molar-refractivity contribution in [2.45, 2.75) is 0 Å². The first-order valence-electron chi connectivity index (χ1n) is 1.98. The number of aromatic nitrogens is 2. The number of nitrogens with zero attached hydrogens (tertiary/aromatic N) is 2. The van der Waals surface area contributed by atoms with E-state index in [4.69, 9.17) is 10.8 Å². The Bertz CT molecular complexity index is 172. The molecule has 1 rings (SSSR count). The van der Waals surface area contributed by atoms with Crippen molar-refractivity contribution >= 4 is 5.82 Å². The van der Waals surface area contributed by atoms with Crippen LogP contribution in [0.5, 0.6) is 5.75 Å². The van der Waals surface area contributed by atoms with E-state index >= 15 is 0 Å². The summed E-state index contributed by atoms with van der Waals surface area (Å²) >= 11 is 0. The van der Waals surface area contributed by atoms with Gasteiger partial charge in [-0.15, -0.1) is 0 Å². The van der Waals surface area contributed by atoms with Crippen LogP contribution in [0, 0.1) is 6.20 Å². The fourth-order valence-corrected chi connectivity index (χ4v) is 0.299. The van der Waals surface area contributed by atoms with Gasteiger partial charge in [0.15, 0.2) is 0 Å². The third-order valence-electron chi connectivity index (χ3n) is 0.668. The molecule has 0 spiro atoms. The van der Waals surface area contributed by atoms with Crippen molar-refractivity contribution in [1.82, 2.24) is 9.97 Å². The zero-order chi connectivity index (χ0) is 5.98. The molecule has 0 atom stereocenters. The molecule has 9 heavy (non-hydrogen) atoms. The quantitative estimate of drug-likeness (QED) is 0.555. The maximum absolute atomic E-state index is 8.61. The molecular formula is C4H4N3OY-. The Morgan fingerprint density at radius 3 is 2.67 bits per heavy atom. The van der Waals surface area contributed by atoms with Gasteiger partial charge in [0.25, 0.3) is 0 Å². The average Bonchev–Trinajstić information content (AvgIpc) is 1.77. The second kappa shape index (κ2) is 3.74. The number of hydrogen-bond donors (Lipinski definition) is 2. The van der Waals surface area contributed by atoms with Crippen LogP contribution in [0.4, 0.5) is 5.82 Å². The topological polar surface area (TPSA) is 72.0 Å². The van der Waals surface area contributed by atoms with Gasteiger partial charge in [-0.05, 0) is 6.20 Å². The SMILES string of the molecule is Nc1ncn[c-]c1O.[Y]. The number of nitrogens with two attached hydrogens (primary N) is 1. The van der Waals surface area contributed by atoms with Gasteiger partial charge < -0.3 is 20.8 Å². The Hall–Kier alpha value is -0.216. The molecule has 0 bridgehead atoms. The number of anilines is 1. The van der Waals surface area contributed by atoms with Crippen molar-refractivity contribution in [1.29, 1.82) is 0 Å². The van der Waals surface area contributed by atoms with Crippen LogP contribution in [-0.2, 0) is 32.7 Å². The maximum Gasteiger partial charge on any atom is 0.0634 e. The molecule has 5 heteroatoms. The fraction of sp³-hybridized carbons (Fsp3) is 0. The molecule has 0 aliphatic carbocycles. The van der Waals surface area contributed by atoms with Crippen molar-refractivity contribution in [3.63, 3.8) is 0 Å². The Morgan fingerprint density at radius 2 is 2.33 bits per heavy atom. The van der Waals surface area contributed by atoms with Gasteiger partial charge in [0.2, 0.25) is 0 Å². The van der Waals surface area contributed by atoms with E-state index in [1.165, 1.54) is 6.33 Å². The summed E-state index contributed by atoms with van der Waals surface area (Å²) in [5.74, 6) is -0.146. The molecule has 45 valence electrons. The molecule has 0 aliphatic heterocycles. The van der Waals surface area contributed by atoms with Crippen molar-refractivity contribution in [3.05, 3.63) is 12.5 Å². The van der Waals surface area contributed by atoms with Crippen LogP contribution in [-0.4, -0.2) is 15.1 Å². The van der Waals surface area contributed by atoms with E-state index in [0.29, 0.717) is 0 Å². The summed E-state index contributed by atoms with van der Waals surface area (Å²) in [5.41, 5.74) is 5.09. The van der Waals surface area contributed by atoms with Gasteiger partial charge in [-0.3, -0.25) is 0 Å². The molecule has 1 aromatic rings. The van der Waals surface area contributed by atoms with Crippen molar-refractivity contribution in [3.8, 4) is 5.75 Å². The molecule has 1 aromatic heterocycles. The number of aromatic hydroxyl groups is 1. The second-order valence-electron chi connectivity index (χ2n) is 1.22. The van der Waals surface area contributed by atoms with E-state index < -0.39 is 0 Å². The Morgan fingerprint density at radius 1 is 1.67 bits per heavy atom. The summed E-state index contributed by atoms with van der Waals surface area (Å²) in [4.78, 5) is 6.84. The fourth-order valence-electron chi connectivity index (χ4n) is 0.299. The summed E-state index contributed by atoms with van der Waals surface area (Å²) in [7, 11) is 0. The molecule has 3 N–H and O–H groups in total. The molecule has 0 fully saturated rings. The van der Waals surface area contributed by atoms with Gasteiger partial charge in [0.05, 0.1) is 11.6 Å². The molecule has 0 saturated heterocycles. The molecular weight excluding hydrogens is 195 g/mol. The molecule has 0 aliphatic rings. The molecule has 4 nitrogen and oxygen atoms in total. The number of nitrogen functional groups attached to an aromatic ring is 1. The number of rotatable bonds is 0. The Balaban J connectivity index is 0.000000640. The van der Waals surface area contributed by atoms with E-state index in [1.54, 1.807) is 0 Å². The first kappa shape index (κ1) is 8.78. The summed E-state index contributed by atoms with van der Waals surface area (Å²) in [6.45, 7) is 0. The van der Waals surface area contributed by atoms with Crippen LogP contribution in [0.25, 0.3) is 0 Å². The van der Waals surface area contributed by atoms with Crippen molar-refractivity contribution in [2.24, 2.45) is 0 Å². The molecule has 0 aromatic carbocycles. The third kappa shape index (κ3) is 2.24. The Kier molecular flexibility index (Phi) is 3.65. The minimum atomic E-state index is -0.201. The van der Waals surface area contributed by atoms with Gasteiger partial charge in [-0.2, -0.15) is 0 Å². The van der Waals surface area contributed by atoms with Crippen LogP contribution in [0.3, 0.4) is 0 Å². The first-order valence-corrected chi connectivity index (χ1v) is 1.98. The summed E-state index contributed by atoms with van der Waals surface area (Å²) in [6, 6.07) is 0. The van der Waals surface area contributed by atoms with Crippen LogP contribution < -0.4 is 5.73 Å². The van der Waals surface area contributed by atoms with E-state index in [9.17, 15) is 0 Å². The molecule has 0 amide bonds. The van der Waals surface area contributed by atoms with Crippen LogP contribution in [0.2, 0.25) is 0 Å². The van der Waals surface area contributed by atoms with Gasteiger partial charge in [0, 0.05) is 39.0 Å². The smallest absolute Gasteiger partial charge is 0.0634 e. The standard InChI is InChI=1S/C4H4N3O.Y/c5-4-3(8)1-6-2-7-4;/h2,8H,(H2,5,6,7);/q-1;. The predicted molar refractivity (Wildman–Crippen MR) is 26.9 cm³/mol. The minimum Gasteiger partial charge on any atom is -0.529 e. The van der Waals surface area contributed by atoms with Crippen LogP contribution >= 0.6 is 0 Å². The maximum atomic E-state index is 8.61. The zero-order valence-corrected chi connectivity index (χ0v) is 7.41. The molecule has 0 unspecified atom stereocenters. The van der Waals surface area contributed by atoms with Crippen molar-refractivity contribution in [2.75, 3.05) is 5.73 Å². The van der Waals surface area contributed by atoms with Gasteiger partial charge in [-0.25, -0.2) is 0 Å². The molecule has 1 heterocycles. The Labute approximate surface area is 77.4 Å². The third-order valence-corrected chi connectivity index (χ3v) is 0.668. The predicted octanol–water partition coefficient (Wildman–Crippen LogP) is -0.438.